The number of carbonyl (C=O) groups excluding carboxylic acids is 4. The summed E-state index contributed by atoms with van der Waals surface area (Å²) in [5.41, 5.74) is 10.1. The van der Waals surface area contributed by atoms with E-state index in [1.165, 1.54) is 30.9 Å². The van der Waals surface area contributed by atoms with Gasteiger partial charge in [-0.05, 0) is 42.9 Å². The molecule has 14 heteroatoms. The lowest BCUT2D eigenvalue weighted by Crippen LogP contribution is -2.40. The number of rotatable bonds is 10. The number of benzene rings is 1. The minimum atomic E-state index is -0.561. The first kappa shape index (κ1) is 45.2. The molecule has 3 aromatic rings. The molecule has 288 valence electrons. The van der Waals surface area contributed by atoms with E-state index in [0.29, 0.717) is 35.4 Å². The quantitative estimate of drug-likeness (QED) is 0.115. The molecule has 52 heavy (non-hydrogen) atoms. The Balaban J connectivity index is 0.000000508. The van der Waals surface area contributed by atoms with Crippen molar-refractivity contribution >= 4 is 34.6 Å². The number of aromatic hydroxyl groups is 1. The van der Waals surface area contributed by atoms with Crippen LogP contribution in [0.3, 0.4) is 0 Å². The molecule has 3 heterocycles. The summed E-state index contributed by atoms with van der Waals surface area (Å²) in [4.78, 5) is 62.8. The summed E-state index contributed by atoms with van der Waals surface area (Å²) in [7, 11) is 0. The van der Waals surface area contributed by atoms with Crippen molar-refractivity contribution in [3.8, 4) is 17.1 Å². The van der Waals surface area contributed by atoms with E-state index in [1.807, 2.05) is 41.5 Å². The normalized spacial score (nSPS) is 11.4. The first-order chi connectivity index (χ1) is 24.8. The number of fused-ring (bicyclic) bond motifs is 4. The van der Waals surface area contributed by atoms with Crippen LogP contribution < -0.4 is 16.6 Å². The fraction of sp³-hybridized carbons (Fsp3) is 0.526. The fourth-order valence-electron chi connectivity index (χ4n) is 5.71. The number of halogens is 1. The Bertz CT molecular complexity index is 1770. The number of primary amides is 1. The van der Waals surface area contributed by atoms with Crippen molar-refractivity contribution in [2.45, 2.75) is 108 Å². The molecular formula is C38H56FN5O8. The van der Waals surface area contributed by atoms with Gasteiger partial charge in [0.2, 0.25) is 17.7 Å². The molecule has 0 fully saturated rings. The second kappa shape index (κ2) is 22.2. The Hall–Kier alpha value is -4.85. The number of esters is 1. The minimum absolute atomic E-state index is 0.0394. The number of nitrogens with one attached hydrogen (secondary N) is 1. The summed E-state index contributed by atoms with van der Waals surface area (Å²) < 4.78 is 26.0. The Labute approximate surface area is 305 Å². The highest BCUT2D eigenvalue weighted by molar-refractivity contribution is 5.92. The average molecular weight is 730 g/mol. The molecule has 0 bridgehead atoms. The van der Waals surface area contributed by atoms with Crippen LogP contribution >= 0.6 is 0 Å². The number of aromatic nitrogens is 2. The summed E-state index contributed by atoms with van der Waals surface area (Å²) in [5.74, 6) is -1.95. The van der Waals surface area contributed by atoms with Gasteiger partial charge in [-0.3, -0.25) is 24.0 Å². The van der Waals surface area contributed by atoms with Gasteiger partial charge in [-0.25, -0.2) is 9.37 Å². The molecule has 4 N–H and O–H groups in total. The number of aryl methyl sites for hydroxylation is 2. The van der Waals surface area contributed by atoms with Gasteiger partial charge in [-0.1, -0.05) is 48.5 Å². The number of ether oxygens (including phenoxy) is 2. The van der Waals surface area contributed by atoms with Crippen LogP contribution in [0.15, 0.2) is 16.9 Å². The first-order valence-corrected chi connectivity index (χ1v) is 17.9. The van der Waals surface area contributed by atoms with Crippen LogP contribution in [-0.4, -0.2) is 69.7 Å². The van der Waals surface area contributed by atoms with E-state index in [-0.39, 0.29) is 62.0 Å². The Kier molecular flexibility index (Phi) is 19.3. The van der Waals surface area contributed by atoms with E-state index in [1.54, 1.807) is 18.4 Å². The maximum Gasteiger partial charge on any atom is 0.302 e. The number of pyridine rings is 2. The molecule has 0 spiro atoms. The first-order valence-electron chi connectivity index (χ1n) is 17.9. The van der Waals surface area contributed by atoms with Crippen molar-refractivity contribution in [2.24, 2.45) is 5.73 Å². The molecule has 0 saturated heterocycles. The highest BCUT2D eigenvalue weighted by Crippen LogP contribution is 2.41. The van der Waals surface area contributed by atoms with Crippen molar-refractivity contribution in [1.82, 2.24) is 19.8 Å². The highest BCUT2D eigenvalue weighted by Gasteiger charge is 2.31. The lowest BCUT2D eigenvalue weighted by molar-refractivity contribution is -0.142. The second-order valence-corrected chi connectivity index (χ2v) is 11.1. The molecule has 0 saturated carbocycles. The van der Waals surface area contributed by atoms with Crippen LogP contribution in [0, 0.1) is 12.7 Å². The largest absolute Gasteiger partial charge is 0.507 e. The van der Waals surface area contributed by atoms with Gasteiger partial charge < -0.3 is 35.1 Å². The number of hydrogen-bond donors (Lipinski definition) is 3. The highest BCUT2D eigenvalue weighted by atomic mass is 19.1. The second-order valence-electron chi connectivity index (χ2n) is 11.1. The van der Waals surface area contributed by atoms with E-state index in [9.17, 15) is 33.5 Å². The number of amides is 3. The van der Waals surface area contributed by atoms with Gasteiger partial charge in [0, 0.05) is 49.9 Å². The van der Waals surface area contributed by atoms with Gasteiger partial charge in [-0.15, -0.1) is 0 Å². The van der Waals surface area contributed by atoms with Crippen LogP contribution in [0.5, 0.6) is 5.75 Å². The Morgan fingerprint density at radius 1 is 1.04 bits per heavy atom. The van der Waals surface area contributed by atoms with E-state index in [4.69, 9.17) is 20.2 Å². The lowest BCUT2D eigenvalue weighted by atomic mass is 9.85. The van der Waals surface area contributed by atoms with Gasteiger partial charge in [0.15, 0.2) is 0 Å². The van der Waals surface area contributed by atoms with Gasteiger partial charge in [-0.2, -0.15) is 0 Å². The van der Waals surface area contributed by atoms with Gasteiger partial charge >= 0.3 is 5.97 Å². The van der Waals surface area contributed by atoms with Crippen molar-refractivity contribution < 1.29 is 38.1 Å². The van der Waals surface area contributed by atoms with Crippen LogP contribution in [-0.2, 0) is 54.6 Å². The molecule has 0 unspecified atom stereocenters. The van der Waals surface area contributed by atoms with E-state index < -0.39 is 17.4 Å². The smallest absolute Gasteiger partial charge is 0.302 e. The topological polar surface area (TPSA) is 183 Å². The van der Waals surface area contributed by atoms with Gasteiger partial charge in [0.25, 0.3) is 5.56 Å². The molecule has 13 nitrogen and oxygen atoms in total. The van der Waals surface area contributed by atoms with Crippen molar-refractivity contribution in [3.05, 3.63) is 56.1 Å². The molecule has 1 aromatic carbocycles. The summed E-state index contributed by atoms with van der Waals surface area (Å²) in [6, 6.07) is 2.94. The number of nitrogens with zero attached hydrogens (tertiary/aromatic N) is 3. The number of carbonyl (C=O) groups is 4. The van der Waals surface area contributed by atoms with Crippen LogP contribution in [0.2, 0.25) is 0 Å². The minimum Gasteiger partial charge on any atom is -0.507 e. The summed E-state index contributed by atoms with van der Waals surface area (Å²) >= 11 is 0. The SMILES string of the molecule is CC.CC.CC.CC(=O)OCc1c(O)cc2n(c1=O)Cc1c-2nc2cc(F)c(C)c3c2c1CCC3.CCC(=O)N(CCOCNC(C)=O)CC(N)=O. The van der Waals surface area contributed by atoms with Crippen molar-refractivity contribution in [2.75, 3.05) is 26.4 Å². The Morgan fingerprint density at radius 2 is 1.67 bits per heavy atom. The molecule has 0 atom stereocenters. The van der Waals surface area contributed by atoms with Crippen LogP contribution in [0.1, 0.15) is 103 Å². The average Bonchev–Trinajstić information content (AvgIpc) is 3.50. The molecule has 0 radical (unpaired) electrons. The number of hydrogen-bond acceptors (Lipinski definition) is 9. The molecule has 2 aromatic heterocycles. The molecule has 3 amide bonds. The van der Waals surface area contributed by atoms with Gasteiger partial charge in [0.1, 0.15) is 24.9 Å². The van der Waals surface area contributed by atoms with Gasteiger partial charge in [0.05, 0.1) is 42.2 Å². The monoisotopic (exact) mass is 729 g/mol. The lowest BCUT2D eigenvalue weighted by Gasteiger charge is -2.21. The predicted molar refractivity (Wildman–Crippen MR) is 199 cm³/mol. The predicted octanol–water partition coefficient (Wildman–Crippen LogP) is 5.03. The van der Waals surface area contributed by atoms with Crippen molar-refractivity contribution in [3.63, 3.8) is 0 Å². The van der Waals surface area contributed by atoms with E-state index >= 15 is 0 Å². The van der Waals surface area contributed by atoms with E-state index in [2.05, 4.69) is 5.32 Å². The molecule has 5 rings (SSSR count). The maximum atomic E-state index is 14.5. The maximum absolute atomic E-state index is 14.5. The van der Waals surface area contributed by atoms with Crippen LogP contribution in [0.25, 0.3) is 22.3 Å². The van der Waals surface area contributed by atoms with Crippen molar-refractivity contribution in [1.29, 1.82) is 0 Å². The zero-order chi connectivity index (χ0) is 39.7. The zero-order valence-corrected chi connectivity index (χ0v) is 32.3. The Morgan fingerprint density at radius 3 is 2.25 bits per heavy atom. The summed E-state index contributed by atoms with van der Waals surface area (Å²) in [6.45, 7) is 18.7. The molecular weight excluding hydrogens is 673 g/mol. The molecule has 1 aliphatic carbocycles. The summed E-state index contributed by atoms with van der Waals surface area (Å²) in [5, 5.41) is 13.8. The standard InChI is InChI=1S/C22H19FN2O4.C10H19N3O4.3C2H6/c1-10-12-4-3-5-13-14-8-25-18(21(14)24-17(20(12)13)6-16(10)23)7-19(27)15(22(25)28)9-29-11(2)26;1-3-10(16)13(6-9(11)15)4-5-17-7-12-8(2)14;3*1-2/h6-7,27H,3-5,8-9H2,1-2H3;3-7H2,1-2H3,(H2,11,15)(H,12,14);3*1-2H3. The third-order valence-electron chi connectivity index (χ3n) is 7.96. The fourth-order valence-corrected chi connectivity index (χ4v) is 5.71. The summed E-state index contributed by atoms with van der Waals surface area (Å²) in [6.07, 6.45) is 2.87. The zero-order valence-electron chi connectivity index (χ0n) is 32.3. The van der Waals surface area contributed by atoms with E-state index in [0.717, 1.165) is 41.3 Å². The third-order valence-corrected chi connectivity index (χ3v) is 7.96. The molecule has 2 aliphatic rings. The third kappa shape index (κ3) is 11.3. The number of nitrogens with two attached hydrogens (primary N) is 1. The van der Waals surface area contributed by atoms with Crippen LogP contribution in [0.4, 0.5) is 4.39 Å². The molecule has 1 aliphatic heterocycles.